The number of allylic oxidation sites excluding steroid dienone is 1. The van der Waals surface area contributed by atoms with E-state index in [0.29, 0.717) is 12.0 Å². The molecule has 2 aliphatic rings. The standard InChI is InChI=1S/C21H23N3O3/c1-13(9-14-5-4-8-27-14)15-11-20(25)23-18-12-19(24-6-2-3-7-24)17(21(22)26)10-16(15)18/h4-5,8-10,12,15H,2-3,6-7,11H2,1H3,(H2,22,26)(H,23,25). The first-order chi connectivity index (χ1) is 13.0. The van der Waals surface area contributed by atoms with Crippen LogP contribution in [0.15, 0.2) is 40.5 Å². The molecule has 6 nitrogen and oxygen atoms in total. The van der Waals surface area contributed by atoms with Crippen LogP contribution in [-0.4, -0.2) is 24.9 Å². The lowest BCUT2D eigenvalue weighted by molar-refractivity contribution is -0.116. The van der Waals surface area contributed by atoms with Crippen molar-refractivity contribution in [3.8, 4) is 0 Å². The highest BCUT2D eigenvalue weighted by molar-refractivity contribution is 6.03. The van der Waals surface area contributed by atoms with Crippen molar-refractivity contribution in [2.45, 2.75) is 32.1 Å². The molecular formula is C21H23N3O3. The van der Waals surface area contributed by atoms with Gasteiger partial charge in [0.15, 0.2) is 0 Å². The Morgan fingerprint density at radius 2 is 2.11 bits per heavy atom. The predicted molar refractivity (Wildman–Crippen MR) is 105 cm³/mol. The molecule has 3 heterocycles. The lowest BCUT2D eigenvalue weighted by Crippen LogP contribution is -2.27. The number of carbonyl (C=O) groups is 2. The highest BCUT2D eigenvalue weighted by Crippen LogP contribution is 2.41. The van der Waals surface area contributed by atoms with Crippen molar-refractivity contribution in [3.05, 3.63) is 53.0 Å². The summed E-state index contributed by atoms with van der Waals surface area (Å²) in [6.07, 6.45) is 6.07. The maximum absolute atomic E-state index is 12.3. The number of furan rings is 1. The molecule has 1 aromatic carbocycles. The molecular weight excluding hydrogens is 342 g/mol. The fraction of sp³-hybridized carbons (Fsp3) is 0.333. The van der Waals surface area contributed by atoms with Gasteiger partial charge >= 0.3 is 0 Å². The third-order valence-corrected chi connectivity index (χ3v) is 5.38. The normalized spacial score (nSPS) is 19.7. The summed E-state index contributed by atoms with van der Waals surface area (Å²) in [5.74, 6) is 0.148. The van der Waals surface area contributed by atoms with E-state index < -0.39 is 5.91 Å². The van der Waals surface area contributed by atoms with E-state index in [2.05, 4.69) is 10.2 Å². The summed E-state index contributed by atoms with van der Waals surface area (Å²) >= 11 is 0. The van der Waals surface area contributed by atoms with Gasteiger partial charge in [-0.25, -0.2) is 0 Å². The minimum absolute atomic E-state index is 0.0288. The van der Waals surface area contributed by atoms with E-state index in [1.165, 1.54) is 0 Å². The van der Waals surface area contributed by atoms with Crippen LogP contribution < -0.4 is 16.0 Å². The number of nitrogens with two attached hydrogens (primary N) is 1. The van der Waals surface area contributed by atoms with Crippen molar-refractivity contribution in [3.63, 3.8) is 0 Å². The lowest BCUT2D eigenvalue weighted by atomic mass is 9.83. The maximum Gasteiger partial charge on any atom is 0.250 e. The van der Waals surface area contributed by atoms with Gasteiger partial charge in [0.1, 0.15) is 5.76 Å². The fourth-order valence-electron chi connectivity index (χ4n) is 4.02. The molecule has 2 amide bonds. The van der Waals surface area contributed by atoms with Crippen molar-refractivity contribution < 1.29 is 14.0 Å². The van der Waals surface area contributed by atoms with Gasteiger partial charge in [-0.05, 0) is 55.7 Å². The summed E-state index contributed by atoms with van der Waals surface area (Å²) < 4.78 is 5.40. The summed E-state index contributed by atoms with van der Waals surface area (Å²) in [4.78, 5) is 26.6. The number of anilines is 2. The van der Waals surface area contributed by atoms with Crippen LogP contribution >= 0.6 is 0 Å². The second kappa shape index (κ2) is 6.95. The first-order valence-electron chi connectivity index (χ1n) is 9.27. The van der Waals surface area contributed by atoms with Gasteiger partial charge in [-0.2, -0.15) is 0 Å². The monoisotopic (exact) mass is 365 g/mol. The summed E-state index contributed by atoms with van der Waals surface area (Å²) in [5, 5.41) is 2.97. The number of benzene rings is 1. The minimum Gasteiger partial charge on any atom is -0.465 e. The van der Waals surface area contributed by atoms with E-state index in [-0.39, 0.29) is 11.8 Å². The van der Waals surface area contributed by atoms with Crippen LogP contribution in [0, 0.1) is 0 Å². The smallest absolute Gasteiger partial charge is 0.250 e. The van der Waals surface area contributed by atoms with Gasteiger partial charge in [0, 0.05) is 31.1 Å². The Kier molecular flexibility index (Phi) is 4.48. The van der Waals surface area contributed by atoms with E-state index >= 15 is 0 Å². The number of hydrogen-bond donors (Lipinski definition) is 2. The molecule has 1 saturated heterocycles. The quantitative estimate of drug-likeness (QED) is 0.868. The number of hydrogen-bond acceptors (Lipinski definition) is 4. The summed E-state index contributed by atoms with van der Waals surface area (Å²) in [7, 11) is 0. The van der Waals surface area contributed by atoms with Crippen LogP contribution in [0.4, 0.5) is 11.4 Å². The molecule has 0 aliphatic carbocycles. The van der Waals surface area contributed by atoms with Gasteiger partial charge in [0.2, 0.25) is 5.91 Å². The van der Waals surface area contributed by atoms with Gasteiger partial charge in [-0.15, -0.1) is 0 Å². The SMILES string of the molecule is CC(=Cc1ccco1)C1CC(=O)Nc2cc(N3CCCC3)c(C(N)=O)cc21. The molecule has 3 N–H and O–H groups in total. The third kappa shape index (κ3) is 3.35. The van der Waals surface area contributed by atoms with Crippen molar-refractivity contribution in [1.82, 2.24) is 0 Å². The fourth-order valence-corrected chi connectivity index (χ4v) is 4.02. The Morgan fingerprint density at radius 3 is 2.78 bits per heavy atom. The predicted octanol–water partition coefficient (Wildman–Crippen LogP) is 3.51. The molecule has 0 bridgehead atoms. The molecule has 140 valence electrons. The second-order valence-corrected chi connectivity index (χ2v) is 7.22. The van der Waals surface area contributed by atoms with Crippen LogP contribution in [0.3, 0.4) is 0 Å². The zero-order chi connectivity index (χ0) is 19.0. The summed E-state index contributed by atoms with van der Waals surface area (Å²) in [5.41, 5.74) is 9.71. The van der Waals surface area contributed by atoms with E-state index in [0.717, 1.165) is 54.2 Å². The average Bonchev–Trinajstić information content (AvgIpc) is 3.33. The van der Waals surface area contributed by atoms with Crippen LogP contribution in [0.5, 0.6) is 0 Å². The first-order valence-corrected chi connectivity index (χ1v) is 9.27. The Bertz CT molecular complexity index is 909. The van der Waals surface area contributed by atoms with E-state index in [1.54, 1.807) is 6.26 Å². The van der Waals surface area contributed by atoms with Gasteiger partial charge < -0.3 is 20.4 Å². The highest BCUT2D eigenvalue weighted by atomic mass is 16.3. The first kappa shape index (κ1) is 17.4. The minimum atomic E-state index is -0.442. The average molecular weight is 365 g/mol. The van der Waals surface area contributed by atoms with Crippen molar-refractivity contribution in [1.29, 1.82) is 0 Å². The zero-order valence-electron chi connectivity index (χ0n) is 15.3. The highest BCUT2D eigenvalue weighted by Gasteiger charge is 2.30. The zero-order valence-corrected chi connectivity index (χ0v) is 15.3. The summed E-state index contributed by atoms with van der Waals surface area (Å²) in [6, 6.07) is 7.46. The van der Waals surface area contributed by atoms with Crippen LogP contribution in [0.25, 0.3) is 6.08 Å². The van der Waals surface area contributed by atoms with Crippen molar-refractivity contribution in [2.75, 3.05) is 23.3 Å². The number of nitrogens with zero attached hydrogens (tertiary/aromatic N) is 1. The van der Waals surface area contributed by atoms with Gasteiger partial charge in [-0.3, -0.25) is 9.59 Å². The number of carbonyl (C=O) groups excluding carboxylic acids is 2. The molecule has 4 rings (SSSR count). The van der Waals surface area contributed by atoms with Crippen molar-refractivity contribution in [2.24, 2.45) is 5.73 Å². The van der Waals surface area contributed by atoms with Gasteiger partial charge in [0.25, 0.3) is 5.91 Å². The second-order valence-electron chi connectivity index (χ2n) is 7.22. The number of rotatable bonds is 4. The molecule has 1 aromatic heterocycles. The molecule has 27 heavy (non-hydrogen) atoms. The summed E-state index contributed by atoms with van der Waals surface area (Å²) in [6.45, 7) is 3.77. The van der Waals surface area contributed by atoms with Crippen LogP contribution in [0.1, 0.15) is 53.8 Å². The third-order valence-electron chi connectivity index (χ3n) is 5.38. The number of amides is 2. The lowest BCUT2D eigenvalue weighted by Gasteiger charge is -2.30. The van der Waals surface area contributed by atoms with Crippen molar-refractivity contribution >= 4 is 29.3 Å². The Balaban J connectivity index is 1.79. The number of fused-ring (bicyclic) bond motifs is 1. The molecule has 1 unspecified atom stereocenters. The Labute approximate surface area is 158 Å². The molecule has 0 saturated carbocycles. The largest absolute Gasteiger partial charge is 0.465 e. The molecule has 1 fully saturated rings. The molecule has 2 aliphatic heterocycles. The molecule has 2 aromatic rings. The Hall–Kier alpha value is -3.02. The van der Waals surface area contributed by atoms with E-state index in [9.17, 15) is 9.59 Å². The topological polar surface area (TPSA) is 88.6 Å². The molecule has 1 atom stereocenters. The van der Waals surface area contributed by atoms with Gasteiger partial charge in [0.05, 0.1) is 17.5 Å². The molecule has 6 heteroatoms. The maximum atomic E-state index is 12.3. The number of primary amides is 1. The van der Waals surface area contributed by atoms with Gasteiger partial charge in [-0.1, -0.05) is 5.57 Å². The molecule has 0 spiro atoms. The Morgan fingerprint density at radius 1 is 1.33 bits per heavy atom. The molecule has 0 radical (unpaired) electrons. The van der Waals surface area contributed by atoms with E-state index in [4.69, 9.17) is 10.2 Å². The number of nitrogens with one attached hydrogen (secondary N) is 1. The van der Waals surface area contributed by atoms with E-state index in [1.807, 2.05) is 37.3 Å². The van der Waals surface area contributed by atoms with Crippen LogP contribution in [-0.2, 0) is 4.79 Å². The van der Waals surface area contributed by atoms with Crippen LogP contribution in [0.2, 0.25) is 0 Å².